The third-order valence-electron chi connectivity index (χ3n) is 0.814. The van der Waals surface area contributed by atoms with Crippen molar-refractivity contribution in [3.05, 3.63) is 0 Å². The third-order valence-corrected chi connectivity index (χ3v) is 1.70. The van der Waals surface area contributed by atoms with Crippen LogP contribution in [0.15, 0.2) is 0 Å². The summed E-state index contributed by atoms with van der Waals surface area (Å²) in [6, 6.07) is 0. The standard InChI is InChI=1S/C3H7N2O2P/c6-3-7-5-1-2-8-4-5/h3-4,8H,1-2H2. The van der Waals surface area contributed by atoms with Crippen LogP contribution in [0.25, 0.3) is 0 Å². The zero-order chi connectivity index (χ0) is 5.82. The highest BCUT2D eigenvalue weighted by Crippen LogP contribution is 2.11. The number of rotatable bonds is 2. The minimum absolute atomic E-state index is 0.419. The smallest absolute Gasteiger partial charge is 0.314 e. The predicted octanol–water partition coefficient (Wildman–Crippen LogP) is -0.512. The highest BCUT2D eigenvalue weighted by Gasteiger charge is 2.09. The van der Waals surface area contributed by atoms with Crippen molar-refractivity contribution in [1.29, 1.82) is 0 Å². The number of carbonyl (C=O) groups excluding carboxylic acids is 1. The first-order chi connectivity index (χ1) is 3.93. The molecule has 1 aliphatic rings. The molecule has 1 fully saturated rings. The van der Waals surface area contributed by atoms with E-state index in [0.29, 0.717) is 15.2 Å². The summed E-state index contributed by atoms with van der Waals surface area (Å²) in [6.45, 7) is 1.22. The fraction of sp³-hybridized carbons (Fsp3) is 0.667. The molecule has 1 saturated heterocycles. The van der Waals surface area contributed by atoms with Gasteiger partial charge in [-0.05, 0) is 14.9 Å². The summed E-state index contributed by atoms with van der Waals surface area (Å²) in [6.07, 6.45) is 1.06. The maximum Gasteiger partial charge on any atom is 0.314 e. The molecular weight excluding hydrogens is 127 g/mol. The van der Waals surface area contributed by atoms with E-state index in [1.54, 1.807) is 0 Å². The molecule has 1 unspecified atom stereocenters. The van der Waals surface area contributed by atoms with E-state index in [0.717, 1.165) is 12.7 Å². The van der Waals surface area contributed by atoms with Crippen molar-refractivity contribution in [2.75, 3.05) is 12.7 Å². The zero-order valence-electron chi connectivity index (χ0n) is 4.26. The molecule has 0 aromatic carbocycles. The van der Waals surface area contributed by atoms with Gasteiger partial charge in [0.25, 0.3) is 0 Å². The lowest BCUT2D eigenvalue weighted by Gasteiger charge is -2.08. The lowest BCUT2D eigenvalue weighted by molar-refractivity contribution is -0.177. The molecule has 1 N–H and O–H groups in total. The molecule has 0 saturated carbocycles. The molecule has 46 valence electrons. The molecular formula is C3H7N2O2P. The van der Waals surface area contributed by atoms with Crippen LogP contribution in [0.1, 0.15) is 0 Å². The molecule has 0 aliphatic carbocycles. The Morgan fingerprint density at radius 2 is 2.75 bits per heavy atom. The first kappa shape index (κ1) is 5.95. The van der Waals surface area contributed by atoms with Crippen LogP contribution in [-0.2, 0) is 9.63 Å². The number of nitrogens with zero attached hydrogens (tertiary/aromatic N) is 1. The van der Waals surface area contributed by atoms with Gasteiger partial charge >= 0.3 is 6.47 Å². The van der Waals surface area contributed by atoms with Crippen molar-refractivity contribution in [2.24, 2.45) is 0 Å². The highest BCUT2D eigenvalue weighted by atomic mass is 31.1. The number of carbonyl (C=O) groups is 1. The topological polar surface area (TPSA) is 41.6 Å². The van der Waals surface area contributed by atoms with Crippen LogP contribution in [0.5, 0.6) is 0 Å². The van der Waals surface area contributed by atoms with Gasteiger partial charge in [0.05, 0.1) is 6.54 Å². The van der Waals surface area contributed by atoms with Crippen molar-refractivity contribution in [3.8, 4) is 0 Å². The van der Waals surface area contributed by atoms with Crippen molar-refractivity contribution in [2.45, 2.75) is 0 Å². The molecule has 8 heavy (non-hydrogen) atoms. The van der Waals surface area contributed by atoms with Crippen LogP contribution in [-0.4, -0.2) is 24.4 Å². The van der Waals surface area contributed by atoms with Gasteiger partial charge in [0.15, 0.2) is 0 Å². The maximum absolute atomic E-state index is 9.66. The first-order valence-electron chi connectivity index (χ1n) is 2.30. The van der Waals surface area contributed by atoms with Crippen molar-refractivity contribution < 1.29 is 9.63 Å². The fourth-order valence-corrected chi connectivity index (χ4v) is 1.26. The Balaban J connectivity index is 2.14. The van der Waals surface area contributed by atoms with Gasteiger partial charge in [-0.25, -0.2) is 5.20 Å². The Labute approximate surface area is 48.9 Å². The summed E-state index contributed by atoms with van der Waals surface area (Å²) in [5.41, 5.74) is 0. The van der Waals surface area contributed by atoms with E-state index in [1.165, 1.54) is 5.17 Å². The molecule has 4 nitrogen and oxygen atoms in total. The average molecular weight is 134 g/mol. The van der Waals surface area contributed by atoms with Crippen molar-refractivity contribution >= 4 is 15.2 Å². The van der Waals surface area contributed by atoms with Gasteiger partial charge in [0.1, 0.15) is 0 Å². The van der Waals surface area contributed by atoms with Crippen molar-refractivity contribution in [1.82, 2.24) is 10.4 Å². The summed E-state index contributed by atoms with van der Waals surface area (Å²) in [4.78, 5) is 14.1. The van der Waals surface area contributed by atoms with Crippen LogP contribution in [0.3, 0.4) is 0 Å². The van der Waals surface area contributed by atoms with Crippen LogP contribution < -0.4 is 5.20 Å². The molecule has 0 amide bonds. The number of hydrazine groups is 1. The van der Waals surface area contributed by atoms with Crippen LogP contribution >= 0.6 is 8.73 Å². The van der Waals surface area contributed by atoms with E-state index in [9.17, 15) is 4.79 Å². The van der Waals surface area contributed by atoms with Gasteiger partial charge in [-0.1, -0.05) is 5.17 Å². The zero-order valence-corrected chi connectivity index (χ0v) is 5.26. The molecule has 0 radical (unpaired) electrons. The van der Waals surface area contributed by atoms with Crippen molar-refractivity contribution in [3.63, 3.8) is 0 Å². The van der Waals surface area contributed by atoms with E-state index in [4.69, 9.17) is 0 Å². The van der Waals surface area contributed by atoms with Crippen LogP contribution in [0.2, 0.25) is 0 Å². The maximum atomic E-state index is 9.66. The van der Waals surface area contributed by atoms with E-state index in [2.05, 4.69) is 10.0 Å². The molecule has 0 aromatic rings. The van der Waals surface area contributed by atoms with E-state index in [1.807, 2.05) is 0 Å². The minimum atomic E-state index is 0.419. The first-order valence-corrected chi connectivity index (χ1v) is 3.50. The Morgan fingerprint density at radius 1 is 1.88 bits per heavy atom. The Bertz CT molecular complexity index is 83.4. The second kappa shape index (κ2) is 2.97. The molecule has 1 atom stereocenters. The van der Waals surface area contributed by atoms with E-state index < -0.39 is 0 Å². The lowest BCUT2D eigenvalue weighted by atomic mass is 10.8. The number of nitrogens with one attached hydrogen (secondary N) is 1. The van der Waals surface area contributed by atoms with Gasteiger partial charge in [0, 0.05) is 0 Å². The highest BCUT2D eigenvalue weighted by molar-refractivity contribution is 7.35. The minimum Gasteiger partial charge on any atom is -0.356 e. The summed E-state index contributed by atoms with van der Waals surface area (Å²) >= 11 is 0. The molecule has 0 bridgehead atoms. The normalized spacial score (nSPS) is 24.0. The monoisotopic (exact) mass is 134 g/mol. The van der Waals surface area contributed by atoms with E-state index in [-0.39, 0.29) is 0 Å². The SMILES string of the molecule is O=CON1CCPN1. The lowest BCUT2D eigenvalue weighted by Crippen LogP contribution is -2.27. The van der Waals surface area contributed by atoms with Gasteiger partial charge < -0.3 is 4.84 Å². The molecule has 1 aliphatic heterocycles. The quantitative estimate of drug-likeness (QED) is 0.408. The molecule has 1 heterocycles. The third kappa shape index (κ3) is 1.40. The fourth-order valence-electron chi connectivity index (χ4n) is 0.488. The second-order valence-electron chi connectivity index (χ2n) is 1.34. The largest absolute Gasteiger partial charge is 0.356 e. The van der Waals surface area contributed by atoms with Crippen LogP contribution in [0.4, 0.5) is 0 Å². The summed E-state index contributed by atoms with van der Waals surface area (Å²) in [5.74, 6) is 0. The average Bonchev–Trinajstić information content (AvgIpc) is 2.19. The molecule has 1 rings (SSSR count). The summed E-state index contributed by atoms with van der Waals surface area (Å²) in [7, 11) is 0.691. The Hall–Kier alpha value is -0.180. The second-order valence-corrected chi connectivity index (χ2v) is 2.42. The summed E-state index contributed by atoms with van der Waals surface area (Å²) < 4.78 is 0. The van der Waals surface area contributed by atoms with Crippen LogP contribution in [0, 0.1) is 0 Å². The van der Waals surface area contributed by atoms with Gasteiger partial charge in [-0.2, -0.15) is 0 Å². The summed E-state index contributed by atoms with van der Waals surface area (Å²) in [5, 5.41) is 4.30. The number of hydrogen-bond acceptors (Lipinski definition) is 4. The Kier molecular flexibility index (Phi) is 2.21. The molecule has 5 heteroatoms. The van der Waals surface area contributed by atoms with Gasteiger partial charge in [-0.3, -0.25) is 4.79 Å². The van der Waals surface area contributed by atoms with Gasteiger partial charge in [0.2, 0.25) is 0 Å². The number of hydroxylamine groups is 1. The predicted molar refractivity (Wildman–Crippen MR) is 30.2 cm³/mol. The molecule has 0 spiro atoms. The number of hydrogen-bond donors (Lipinski definition) is 1. The van der Waals surface area contributed by atoms with E-state index >= 15 is 0 Å². The van der Waals surface area contributed by atoms with Gasteiger partial charge in [-0.15, -0.1) is 0 Å². The molecule has 0 aromatic heterocycles. The Morgan fingerprint density at radius 3 is 3.25 bits per heavy atom.